The summed E-state index contributed by atoms with van der Waals surface area (Å²) in [6.07, 6.45) is 0. The van der Waals surface area contributed by atoms with Gasteiger partial charge in [0.15, 0.2) is 0 Å². The van der Waals surface area contributed by atoms with Crippen molar-refractivity contribution in [1.29, 1.82) is 0 Å². The molecule has 0 saturated heterocycles. The number of hydroxylamine groups is 1. The van der Waals surface area contributed by atoms with Crippen LogP contribution in [0.1, 0.15) is 5.56 Å². The molecule has 17 heavy (non-hydrogen) atoms. The van der Waals surface area contributed by atoms with E-state index >= 15 is 0 Å². The van der Waals surface area contributed by atoms with Crippen molar-refractivity contribution in [2.24, 2.45) is 0 Å². The molecule has 0 aliphatic rings. The van der Waals surface area contributed by atoms with Gasteiger partial charge < -0.3 is 10.1 Å². The molecule has 0 bridgehead atoms. The third kappa shape index (κ3) is 5.12. The summed E-state index contributed by atoms with van der Waals surface area (Å²) in [4.78, 5) is 15.3. The van der Waals surface area contributed by atoms with E-state index in [1.54, 1.807) is 12.1 Å². The first-order chi connectivity index (χ1) is 8.11. The van der Waals surface area contributed by atoms with Crippen molar-refractivity contribution in [1.82, 2.24) is 10.8 Å². The molecule has 1 aromatic rings. The number of nitrogens with one attached hydrogen (secondary N) is 2. The summed E-state index contributed by atoms with van der Waals surface area (Å²) in [5, 5.41) is 2.50. The lowest BCUT2D eigenvalue weighted by atomic mass is 10.2. The van der Waals surface area contributed by atoms with Gasteiger partial charge in [-0.15, -0.1) is 0 Å². The van der Waals surface area contributed by atoms with Crippen LogP contribution in [0.5, 0.6) is 5.75 Å². The van der Waals surface area contributed by atoms with E-state index in [1.807, 2.05) is 0 Å². The molecule has 94 valence electrons. The number of hydrogen-bond donors (Lipinski definition) is 2. The Bertz CT molecular complexity index is 357. The Morgan fingerprint density at radius 2 is 2.00 bits per heavy atom. The Labute approximate surface area is 96.7 Å². The van der Waals surface area contributed by atoms with E-state index in [4.69, 9.17) is 0 Å². The number of carbonyl (C=O) groups excluding carboxylic acids is 1. The normalized spacial score (nSPS) is 10.1. The molecular formula is C10H12F2N2O3. The summed E-state index contributed by atoms with van der Waals surface area (Å²) in [5.41, 5.74) is 2.83. The van der Waals surface area contributed by atoms with Crippen LogP contribution < -0.4 is 15.5 Å². The van der Waals surface area contributed by atoms with Crippen LogP contribution in [0.3, 0.4) is 0 Å². The topological polar surface area (TPSA) is 59.6 Å². The highest BCUT2D eigenvalue weighted by atomic mass is 19.3. The molecule has 0 spiro atoms. The van der Waals surface area contributed by atoms with Crippen LogP contribution in [0.2, 0.25) is 0 Å². The van der Waals surface area contributed by atoms with Crippen LogP contribution in [0, 0.1) is 0 Å². The molecule has 0 aromatic heterocycles. The van der Waals surface area contributed by atoms with Gasteiger partial charge in [0, 0.05) is 6.54 Å². The average molecular weight is 246 g/mol. The summed E-state index contributed by atoms with van der Waals surface area (Å²) >= 11 is 0. The highest BCUT2D eigenvalue weighted by molar-refractivity contribution is 5.72. The van der Waals surface area contributed by atoms with E-state index < -0.39 is 12.6 Å². The number of amides is 2. The standard InChI is InChI=1S/C10H12F2N2O3/c1-16-14-10(15)13-6-7-2-4-8(5-3-7)17-9(11)12/h2-5,9H,6H2,1H3,(H2,13,14,15). The van der Waals surface area contributed by atoms with E-state index in [1.165, 1.54) is 19.2 Å². The van der Waals surface area contributed by atoms with Gasteiger partial charge in [0.1, 0.15) is 5.75 Å². The van der Waals surface area contributed by atoms with Gasteiger partial charge in [0.05, 0.1) is 7.11 Å². The fourth-order valence-electron chi connectivity index (χ4n) is 1.10. The van der Waals surface area contributed by atoms with Crippen molar-refractivity contribution in [3.8, 4) is 5.75 Å². The fourth-order valence-corrected chi connectivity index (χ4v) is 1.10. The van der Waals surface area contributed by atoms with Crippen molar-refractivity contribution in [2.45, 2.75) is 13.2 Å². The number of halogens is 2. The van der Waals surface area contributed by atoms with Gasteiger partial charge in [-0.2, -0.15) is 8.78 Å². The summed E-state index contributed by atoms with van der Waals surface area (Å²) in [5.74, 6) is 0.0742. The zero-order chi connectivity index (χ0) is 12.7. The third-order valence-corrected chi connectivity index (χ3v) is 1.80. The summed E-state index contributed by atoms with van der Waals surface area (Å²) in [6.45, 7) is -2.59. The molecule has 2 amide bonds. The zero-order valence-corrected chi connectivity index (χ0v) is 9.07. The van der Waals surface area contributed by atoms with Gasteiger partial charge in [0.2, 0.25) is 0 Å². The lowest BCUT2D eigenvalue weighted by molar-refractivity contribution is -0.0498. The van der Waals surface area contributed by atoms with Crippen LogP contribution in [-0.4, -0.2) is 19.8 Å². The van der Waals surface area contributed by atoms with Crippen molar-refractivity contribution in [2.75, 3.05) is 7.11 Å². The largest absolute Gasteiger partial charge is 0.435 e. The highest BCUT2D eigenvalue weighted by Crippen LogP contribution is 2.14. The zero-order valence-electron chi connectivity index (χ0n) is 9.07. The number of alkyl halides is 2. The van der Waals surface area contributed by atoms with E-state index in [9.17, 15) is 13.6 Å². The Balaban J connectivity index is 2.42. The average Bonchev–Trinajstić information content (AvgIpc) is 2.28. The maximum Gasteiger partial charge on any atom is 0.387 e. The summed E-state index contributed by atoms with van der Waals surface area (Å²) < 4.78 is 27.9. The van der Waals surface area contributed by atoms with Gasteiger partial charge in [-0.05, 0) is 17.7 Å². The quantitative estimate of drug-likeness (QED) is 0.776. The second-order valence-corrected chi connectivity index (χ2v) is 3.01. The van der Waals surface area contributed by atoms with Gasteiger partial charge in [-0.25, -0.2) is 10.3 Å². The predicted molar refractivity (Wildman–Crippen MR) is 55.5 cm³/mol. The van der Waals surface area contributed by atoms with Gasteiger partial charge in [-0.1, -0.05) is 12.1 Å². The maximum absolute atomic E-state index is 11.9. The van der Waals surface area contributed by atoms with Crippen LogP contribution in [-0.2, 0) is 11.4 Å². The number of ether oxygens (including phenoxy) is 1. The lowest BCUT2D eigenvalue weighted by Gasteiger charge is -2.07. The Hall–Kier alpha value is -1.89. The molecule has 5 nitrogen and oxygen atoms in total. The lowest BCUT2D eigenvalue weighted by Crippen LogP contribution is -2.34. The molecule has 0 saturated carbocycles. The Morgan fingerprint density at radius 3 is 2.53 bits per heavy atom. The molecule has 0 aliphatic carbocycles. The van der Waals surface area contributed by atoms with Crippen LogP contribution in [0.25, 0.3) is 0 Å². The fraction of sp³-hybridized carbons (Fsp3) is 0.300. The van der Waals surface area contributed by atoms with E-state index in [0.717, 1.165) is 5.56 Å². The van der Waals surface area contributed by atoms with Crippen LogP contribution >= 0.6 is 0 Å². The van der Waals surface area contributed by atoms with Gasteiger partial charge in [-0.3, -0.25) is 4.84 Å². The molecule has 0 radical (unpaired) electrons. The summed E-state index contributed by atoms with van der Waals surface area (Å²) in [7, 11) is 1.32. The number of urea groups is 1. The first kappa shape index (κ1) is 13.2. The molecule has 0 aliphatic heterocycles. The SMILES string of the molecule is CONC(=O)NCc1ccc(OC(F)F)cc1. The molecule has 7 heteroatoms. The van der Waals surface area contributed by atoms with Crippen molar-refractivity contribution in [3.05, 3.63) is 29.8 Å². The number of benzene rings is 1. The number of carbonyl (C=O) groups is 1. The molecule has 0 atom stereocenters. The number of hydrogen-bond acceptors (Lipinski definition) is 3. The molecule has 2 N–H and O–H groups in total. The Morgan fingerprint density at radius 1 is 1.35 bits per heavy atom. The van der Waals surface area contributed by atoms with Crippen LogP contribution in [0.15, 0.2) is 24.3 Å². The van der Waals surface area contributed by atoms with Crippen molar-refractivity contribution in [3.63, 3.8) is 0 Å². The van der Waals surface area contributed by atoms with Gasteiger partial charge in [0.25, 0.3) is 0 Å². The smallest absolute Gasteiger partial charge is 0.387 e. The van der Waals surface area contributed by atoms with Crippen LogP contribution in [0.4, 0.5) is 13.6 Å². The molecule has 1 rings (SSSR count). The number of rotatable bonds is 5. The molecule has 0 unspecified atom stereocenters. The second kappa shape index (κ2) is 6.64. The second-order valence-electron chi connectivity index (χ2n) is 3.01. The monoisotopic (exact) mass is 246 g/mol. The highest BCUT2D eigenvalue weighted by Gasteiger charge is 2.04. The Kier molecular flexibility index (Phi) is 5.15. The third-order valence-electron chi connectivity index (χ3n) is 1.80. The first-order valence-electron chi connectivity index (χ1n) is 4.72. The molecular weight excluding hydrogens is 234 g/mol. The minimum atomic E-state index is -2.84. The van der Waals surface area contributed by atoms with E-state index in [2.05, 4.69) is 20.4 Å². The molecule has 0 fully saturated rings. The first-order valence-corrected chi connectivity index (χ1v) is 4.72. The van der Waals surface area contributed by atoms with Crippen molar-refractivity contribution < 1.29 is 23.1 Å². The molecule has 1 aromatic carbocycles. The summed E-state index contributed by atoms with van der Waals surface area (Å²) in [6, 6.07) is 5.46. The van der Waals surface area contributed by atoms with E-state index in [-0.39, 0.29) is 12.3 Å². The molecule has 0 heterocycles. The van der Waals surface area contributed by atoms with Gasteiger partial charge >= 0.3 is 12.6 Å². The van der Waals surface area contributed by atoms with Crippen molar-refractivity contribution >= 4 is 6.03 Å². The predicted octanol–water partition coefficient (Wildman–Crippen LogP) is 1.65. The minimum absolute atomic E-state index is 0.0742. The van der Waals surface area contributed by atoms with E-state index in [0.29, 0.717) is 0 Å². The maximum atomic E-state index is 11.9. The minimum Gasteiger partial charge on any atom is -0.435 e.